The minimum absolute atomic E-state index is 0.540. The molecule has 2 aliphatic carbocycles. The van der Waals surface area contributed by atoms with Gasteiger partial charge in [0.15, 0.2) is 0 Å². The summed E-state index contributed by atoms with van der Waals surface area (Å²) >= 11 is 0. The summed E-state index contributed by atoms with van der Waals surface area (Å²) in [5.74, 6) is 0. The van der Waals surface area contributed by atoms with Crippen LogP contribution in [0.5, 0.6) is 0 Å². The number of anilines is 2. The molecule has 6 rings (SSSR count). The summed E-state index contributed by atoms with van der Waals surface area (Å²) in [6.07, 6.45) is 33.2. The van der Waals surface area contributed by atoms with E-state index in [4.69, 9.17) is 5.73 Å². The average molecular weight is 743 g/mol. The number of rotatable bonds is 11. The van der Waals surface area contributed by atoms with Crippen LogP contribution in [0.4, 0.5) is 11.4 Å². The Balaban J connectivity index is 0.00000134. The van der Waals surface area contributed by atoms with Crippen molar-refractivity contribution in [2.75, 3.05) is 10.7 Å². The van der Waals surface area contributed by atoms with Gasteiger partial charge in [0, 0.05) is 27.5 Å². The van der Waals surface area contributed by atoms with Crippen molar-refractivity contribution in [3.05, 3.63) is 199 Å². The van der Waals surface area contributed by atoms with Crippen LogP contribution in [0.25, 0.3) is 39.8 Å². The molecule has 0 amide bonds. The molecular formula is C52H62N4. The number of hydrogen-bond donors (Lipinski definition) is 3. The van der Waals surface area contributed by atoms with Crippen LogP contribution in [-0.2, 0) is 6.42 Å². The van der Waals surface area contributed by atoms with Crippen LogP contribution in [0.2, 0.25) is 0 Å². The molecule has 0 radical (unpaired) electrons. The highest BCUT2D eigenvalue weighted by atomic mass is 15.4. The molecule has 1 heterocycles. The lowest BCUT2D eigenvalue weighted by molar-refractivity contribution is 0.918. The first-order chi connectivity index (χ1) is 27.5. The Morgan fingerprint density at radius 2 is 1.59 bits per heavy atom. The largest absolute Gasteiger partial charge is 0.397 e. The van der Waals surface area contributed by atoms with E-state index >= 15 is 0 Å². The van der Waals surface area contributed by atoms with Crippen LogP contribution in [0.1, 0.15) is 71.9 Å². The third kappa shape index (κ3) is 11.1. The first-order valence-corrected chi connectivity index (χ1v) is 19.9. The van der Waals surface area contributed by atoms with Crippen molar-refractivity contribution in [3.63, 3.8) is 0 Å². The van der Waals surface area contributed by atoms with Gasteiger partial charge in [0.1, 0.15) is 0 Å². The molecule has 4 N–H and O–H groups in total. The second-order valence-corrected chi connectivity index (χ2v) is 12.4. The highest BCUT2D eigenvalue weighted by Gasteiger charge is 2.16. The molecule has 0 spiro atoms. The Hall–Kier alpha value is -6.26. The van der Waals surface area contributed by atoms with E-state index in [0.29, 0.717) is 11.4 Å². The molecule has 0 unspecified atom stereocenters. The molecule has 4 heteroatoms. The molecule has 2 aliphatic rings. The van der Waals surface area contributed by atoms with Gasteiger partial charge in [-0.3, -0.25) is 10.1 Å². The number of nitrogens with zero attached hydrogens (tertiary/aromatic N) is 1. The van der Waals surface area contributed by atoms with Crippen LogP contribution in [0, 0.1) is 0 Å². The van der Waals surface area contributed by atoms with Gasteiger partial charge in [0.05, 0.1) is 22.3 Å². The summed E-state index contributed by atoms with van der Waals surface area (Å²) in [4.78, 5) is 0. The molecule has 0 saturated carbocycles. The SMILES string of the molecule is C=C.C=C/C=C(/N)C(=C)Nn1c2/c(c3cc(Nc4cc(-c5ccccc5)ccc4C(/C=C\C)=C/C4=CC=CC4)cc(CC)c31)=C\C/C=C\C=C/C\C=2.CC.CC. The number of hydrogen-bond acceptors (Lipinski definition) is 3. The lowest BCUT2D eigenvalue weighted by atomic mass is 9.96. The third-order valence-corrected chi connectivity index (χ3v) is 8.99. The third-order valence-electron chi connectivity index (χ3n) is 8.99. The molecule has 0 atom stereocenters. The van der Waals surface area contributed by atoms with Gasteiger partial charge in [-0.15, -0.1) is 13.2 Å². The quantitative estimate of drug-likeness (QED) is 0.106. The van der Waals surface area contributed by atoms with Crippen molar-refractivity contribution in [3.8, 4) is 11.1 Å². The number of fused-ring (bicyclic) bond motifs is 3. The van der Waals surface area contributed by atoms with Crippen LogP contribution in [0.3, 0.4) is 0 Å². The van der Waals surface area contributed by atoms with E-state index in [1.807, 2.05) is 27.7 Å². The number of aromatic nitrogens is 1. The maximum Gasteiger partial charge on any atom is 0.0743 e. The summed E-state index contributed by atoms with van der Waals surface area (Å²) < 4.78 is 2.16. The average Bonchev–Trinajstić information content (AvgIpc) is 3.87. The Morgan fingerprint density at radius 3 is 2.23 bits per heavy atom. The summed E-state index contributed by atoms with van der Waals surface area (Å²) in [7, 11) is 0. The van der Waals surface area contributed by atoms with Gasteiger partial charge < -0.3 is 11.1 Å². The second kappa shape index (κ2) is 23.5. The zero-order valence-corrected chi connectivity index (χ0v) is 34.5. The highest BCUT2D eigenvalue weighted by Crippen LogP contribution is 2.35. The molecule has 0 bridgehead atoms. The maximum absolute atomic E-state index is 6.36. The van der Waals surface area contributed by atoms with E-state index < -0.39 is 0 Å². The Morgan fingerprint density at radius 1 is 0.875 bits per heavy atom. The van der Waals surface area contributed by atoms with Gasteiger partial charge in [-0.05, 0) is 84.7 Å². The minimum Gasteiger partial charge on any atom is -0.397 e. The fourth-order valence-electron chi connectivity index (χ4n) is 6.55. The predicted octanol–water partition coefficient (Wildman–Crippen LogP) is 12.9. The van der Waals surface area contributed by atoms with E-state index in [1.165, 1.54) is 27.5 Å². The van der Waals surface area contributed by atoms with Crippen molar-refractivity contribution in [2.24, 2.45) is 5.73 Å². The summed E-state index contributed by atoms with van der Waals surface area (Å²) in [5, 5.41) is 7.34. The van der Waals surface area contributed by atoms with Gasteiger partial charge in [0.25, 0.3) is 0 Å². The smallest absolute Gasteiger partial charge is 0.0743 e. The van der Waals surface area contributed by atoms with E-state index in [-0.39, 0.29) is 0 Å². The molecule has 4 nitrogen and oxygen atoms in total. The topological polar surface area (TPSA) is 55.0 Å². The highest BCUT2D eigenvalue weighted by molar-refractivity contribution is 5.92. The number of aryl methyl sites for hydroxylation is 1. The number of nitrogens with one attached hydrogen (secondary N) is 2. The maximum atomic E-state index is 6.36. The standard InChI is InChI=1S/C46H46N4.2C2H6.C2H4/c1-5-19-38(29-34-21-17-18-22-34)40-28-27-37(36-23-13-12-14-24-36)31-44(40)48-39-30-35(7-3)46-42(32-39)41-25-15-10-8-9-11-16-26-45(41)50(46)49-33(4)43(47)20-6-2;3*1-2/h5-6,8-14,17-21,23-32,48-49H,2,4,7,15-16,22,47H2,1,3H3;2*1-2H3;1-2H2/b10-8-,11-9-,19-5-,38-29+,41-25-,43-20+,45-26+;;;. The zero-order chi connectivity index (χ0) is 40.9. The molecule has 0 saturated heterocycles. The summed E-state index contributed by atoms with van der Waals surface area (Å²) in [6.45, 7) is 26.4. The molecule has 56 heavy (non-hydrogen) atoms. The van der Waals surface area contributed by atoms with Crippen molar-refractivity contribution in [1.29, 1.82) is 0 Å². The number of benzene rings is 3. The monoisotopic (exact) mass is 742 g/mol. The summed E-state index contributed by atoms with van der Waals surface area (Å²) in [5.41, 5.74) is 21.4. The van der Waals surface area contributed by atoms with Gasteiger partial charge >= 0.3 is 0 Å². The fraction of sp³-hybridized carbons (Fsp3) is 0.192. The molecule has 4 aromatic rings. The second-order valence-electron chi connectivity index (χ2n) is 12.4. The van der Waals surface area contributed by atoms with Crippen molar-refractivity contribution >= 4 is 40.0 Å². The lowest BCUT2D eigenvalue weighted by Crippen LogP contribution is -2.35. The van der Waals surface area contributed by atoms with E-state index in [1.54, 1.807) is 12.2 Å². The first kappa shape index (κ1) is 44.1. The van der Waals surface area contributed by atoms with Crippen molar-refractivity contribution in [2.45, 2.75) is 67.2 Å². The van der Waals surface area contributed by atoms with Gasteiger partial charge in [-0.25, -0.2) is 0 Å². The zero-order valence-electron chi connectivity index (χ0n) is 34.5. The van der Waals surface area contributed by atoms with Gasteiger partial charge in [0.2, 0.25) is 0 Å². The fourth-order valence-corrected chi connectivity index (χ4v) is 6.55. The van der Waals surface area contributed by atoms with Gasteiger partial charge in [-0.1, -0.05) is 169 Å². The van der Waals surface area contributed by atoms with Crippen LogP contribution in [-0.4, -0.2) is 4.68 Å². The van der Waals surface area contributed by atoms with Crippen molar-refractivity contribution in [1.82, 2.24) is 4.68 Å². The Bertz CT molecular complexity index is 2280. The molecule has 1 aromatic heterocycles. The Kier molecular flexibility index (Phi) is 18.5. The van der Waals surface area contributed by atoms with E-state index in [0.717, 1.165) is 64.4 Å². The van der Waals surface area contributed by atoms with Crippen LogP contribution >= 0.6 is 0 Å². The van der Waals surface area contributed by atoms with Gasteiger partial charge in [-0.2, -0.15) is 0 Å². The lowest BCUT2D eigenvalue weighted by Gasteiger charge is -2.18. The van der Waals surface area contributed by atoms with E-state index in [2.05, 4.69) is 189 Å². The van der Waals surface area contributed by atoms with E-state index in [9.17, 15) is 0 Å². The van der Waals surface area contributed by atoms with Crippen molar-refractivity contribution < 1.29 is 0 Å². The molecular weight excluding hydrogens is 681 g/mol. The minimum atomic E-state index is 0.540. The molecule has 3 aromatic carbocycles. The first-order valence-electron chi connectivity index (χ1n) is 19.9. The number of nitrogens with two attached hydrogens (primary N) is 1. The summed E-state index contributed by atoms with van der Waals surface area (Å²) in [6, 6.07) is 21.9. The molecule has 0 fully saturated rings. The number of allylic oxidation sites excluding steroid dienone is 14. The predicted molar refractivity (Wildman–Crippen MR) is 252 cm³/mol. The molecule has 290 valence electrons. The Labute approximate surface area is 336 Å². The van der Waals surface area contributed by atoms with Crippen LogP contribution < -0.4 is 27.0 Å². The normalized spacial score (nSPS) is 15.7. The van der Waals surface area contributed by atoms with Crippen LogP contribution in [0.15, 0.2) is 177 Å². The molecule has 0 aliphatic heterocycles.